The molecule has 100 valence electrons. The number of rotatable bonds is 6. The van der Waals surface area contributed by atoms with Gasteiger partial charge in [-0.2, -0.15) is 0 Å². The van der Waals surface area contributed by atoms with Gasteiger partial charge in [0.25, 0.3) is 0 Å². The molecule has 0 aliphatic heterocycles. The number of amides is 2. The van der Waals surface area contributed by atoms with Crippen molar-refractivity contribution in [3.63, 3.8) is 0 Å². The van der Waals surface area contributed by atoms with E-state index in [4.69, 9.17) is 5.11 Å². The fraction of sp³-hybridized carbons (Fsp3) is 0.545. The number of carbonyl (C=O) groups is 2. The normalized spacial score (nSPS) is 10.4. The van der Waals surface area contributed by atoms with E-state index in [1.54, 1.807) is 0 Å². The summed E-state index contributed by atoms with van der Waals surface area (Å²) in [6.07, 6.45) is 0.465. The highest BCUT2D eigenvalue weighted by Crippen LogP contribution is 2.21. The number of nitrogens with one attached hydrogen (secondary N) is 2. The van der Waals surface area contributed by atoms with Crippen LogP contribution in [0.4, 0.5) is 9.93 Å². The van der Waals surface area contributed by atoms with Crippen LogP contribution in [0.5, 0.6) is 0 Å². The average molecular weight is 271 g/mol. The van der Waals surface area contributed by atoms with E-state index < -0.39 is 5.97 Å². The van der Waals surface area contributed by atoms with Crippen LogP contribution in [-0.4, -0.2) is 28.6 Å². The third-order valence-electron chi connectivity index (χ3n) is 2.19. The lowest BCUT2D eigenvalue weighted by atomic mass is 10.2. The topological polar surface area (TPSA) is 91.3 Å². The van der Waals surface area contributed by atoms with E-state index in [9.17, 15) is 9.59 Å². The second kappa shape index (κ2) is 6.95. The fourth-order valence-electron chi connectivity index (χ4n) is 1.19. The number of hydrogen-bond acceptors (Lipinski definition) is 4. The first-order chi connectivity index (χ1) is 8.49. The maximum atomic E-state index is 11.4. The zero-order valence-corrected chi connectivity index (χ0v) is 11.2. The molecule has 0 saturated carbocycles. The van der Waals surface area contributed by atoms with Gasteiger partial charge < -0.3 is 10.4 Å². The van der Waals surface area contributed by atoms with Crippen molar-refractivity contribution < 1.29 is 14.7 Å². The van der Waals surface area contributed by atoms with Crippen molar-refractivity contribution in [1.82, 2.24) is 10.3 Å². The summed E-state index contributed by atoms with van der Waals surface area (Å²) in [4.78, 5) is 26.0. The summed E-state index contributed by atoms with van der Waals surface area (Å²) in [5, 5.41) is 16.1. The standard InChI is InChI=1S/C11H17N3O3S/c1-7(2)8-6-18-11(13-8)14-10(17)12-5-3-4-9(15)16/h6-7H,3-5H2,1-2H3,(H,15,16)(H2,12,13,14,17). The van der Waals surface area contributed by atoms with Crippen molar-refractivity contribution in [2.45, 2.75) is 32.6 Å². The van der Waals surface area contributed by atoms with Crippen LogP contribution in [0.15, 0.2) is 5.38 Å². The summed E-state index contributed by atoms with van der Waals surface area (Å²) in [5.41, 5.74) is 0.946. The molecule has 0 aromatic carbocycles. The minimum absolute atomic E-state index is 0.0506. The molecule has 0 radical (unpaired) electrons. The molecule has 6 nitrogen and oxygen atoms in total. The first-order valence-electron chi connectivity index (χ1n) is 5.71. The number of hydrogen-bond donors (Lipinski definition) is 3. The Labute approximate surface area is 109 Å². The van der Waals surface area contributed by atoms with Crippen molar-refractivity contribution in [2.75, 3.05) is 11.9 Å². The number of carbonyl (C=O) groups excluding carboxylic acids is 1. The highest BCUT2D eigenvalue weighted by Gasteiger charge is 2.08. The molecule has 0 atom stereocenters. The van der Waals surface area contributed by atoms with Crippen LogP contribution in [0.3, 0.4) is 0 Å². The van der Waals surface area contributed by atoms with E-state index >= 15 is 0 Å². The SMILES string of the molecule is CC(C)c1csc(NC(=O)NCCCC(=O)O)n1. The molecule has 0 bridgehead atoms. The first-order valence-corrected chi connectivity index (χ1v) is 6.59. The van der Waals surface area contributed by atoms with Gasteiger partial charge in [0.05, 0.1) is 5.69 Å². The summed E-state index contributed by atoms with van der Waals surface area (Å²) in [6.45, 7) is 4.40. The number of nitrogens with zero attached hydrogens (tertiary/aromatic N) is 1. The molecule has 0 unspecified atom stereocenters. The molecule has 0 saturated heterocycles. The first kappa shape index (κ1) is 14.4. The predicted molar refractivity (Wildman–Crippen MR) is 70.1 cm³/mol. The van der Waals surface area contributed by atoms with Crippen LogP contribution in [0.1, 0.15) is 38.3 Å². The third-order valence-corrected chi connectivity index (χ3v) is 2.96. The number of carboxylic acid groups (broad SMARTS) is 1. The Hall–Kier alpha value is -1.63. The molecule has 7 heteroatoms. The van der Waals surface area contributed by atoms with Crippen LogP contribution >= 0.6 is 11.3 Å². The molecule has 0 fully saturated rings. The maximum Gasteiger partial charge on any atom is 0.321 e. The van der Waals surface area contributed by atoms with E-state index in [2.05, 4.69) is 15.6 Å². The van der Waals surface area contributed by atoms with Crippen LogP contribution in [0.2, 0.25) is 0 Å². The molecule has 0 spiro atoms. The molecule has 3 N–H and O–H groups in total. The maximum absolute atomic E-state index is 11.4. The summed E-state index contributed by atoms with van der Waals surface area (Å²) < 4.78 is 0. The van der Waals surface area contributed by atoms with E-state index in [1.165, 1.54) is 11.3 Å². The van der Waals surface area contributed by atoms with Gasteiger partial charge in [-0.15, -0.1) is 11.3 Å². The highest BCUT2D eigenvalue weighted by atomic mass is 32.1. The van der Waals surface area contributed by atoms with Crippen molar-refractivity contribution in [2.24, 2.45) is 0 Å². The second-order valence-corrected chi connectivity index (χ2v) is 4.97. The highest BCUT2D eigenvalue weighted by molar-refractivity contribution is 7.13. The van der Waals surface area contributed by atoms with Gasteiger partial charge >= 0.3 is 12.0 Å². The van der Waals surface area contributed by atoms with Crippen LogP contribution in [0.25, 0.3) is 0 Å². The second-order valence-electron chi connectivity index (χ2n) is 4.11. The Morgan fingerprint density at radius 3 is 2.78 bits per heavy atom. The molecule has 2 amide bonds. The molecule has 0 aliphatic carbocycles. The average Bonchev–Trinajstić information content (AvgIpc) is 2.72. The van der Waals surface area contributed by atoms with Gasteiger partial charge in [-0.3, -0.25) is 10.1 Å². The van der Waals surface area contributed by atoms with E-state index in [1.807, 2.05) is 19.2 Å². The van der Waals surface area contributed by atoms with E-state index in [0.29, 0.717) is 24.0 Å². The molecule has 18 heavy (non-hydrogen) atoms. The number of thiazole rings is 1. The van der Waals surface area contributed by atoms with Crippen molar-refractivity contribution >= 4 is 28.5 Å². The van der Waals surface area contributed by atoms with E-state index in [0.717, 1.165) is 5.69 Å². The van der Waals surface area contributed by atoms with Gasteiger partial charge in [0.15, 0.2) is 5.13 Å². The molecular formula is C11H17N3O3S. The van der Waals surface area contributed by atoms with Gasteiger partial charge in [0, 0.05) is 18.3 Å². The van der Waals surface area contributed by atoms with Crippen LogP contribution in [-0.2, 0) is 4.79 Å². The lowest BCUT2D eigenvalue weighted by Gasteiger charge is -2.04. The van der Waals surface area contributed by atoms with Crippen LogP contribution in [0, 0.1) is 0 Å². The molecule has 1 aromatic heterocycles. The number of aromatic nitrogens is 1. The largest absolute Gasteiger partial charge is 0.481 e. The van der Waals surface area contributed by atoms with Crippen molar-refractivity contribution in [3.05, 3.63) is 11.1 Å². The molecule has 1 heterocycles. The summed E-state index contributed by atoms with van der Waals surface area (Å²) in [7, 11) is 0. The van der Waals surface area contributed by atoms with Gasteiger partial charge in [0.2, 0.25) is 0 Å². The Balaban J connectivity index is 2.28. The number of carboxylic acids is 1. The molecule has 1 aromatic rings. The van der Waals surface area contributed by atoms with E-state index in [-0.39, 0.29) is 12.5 Å². The zero-order valence-electron chi connectivity index (χ0n) is 10.4. The number of aliphatic carboxylic acids is 1. The lowest BCUT2D eigenvalue weighted by Crippen LogP contribution is -2.29. The van der Waals surface area contributed by atoms with Gasteiger partial charge in [-0.1, -0.05) is 13.8 Å². The van der Waals surface area contributed by atoms with Crippen LogP contribution < -0.4 is 10.6 Å². The fourth-order valence-corrected chi connectivity index (χ4v) is 2.06. The number of anilines is 1. The van der Waals surface area contributed by atoms with Gasteiger partial charge in [-0.05, 0) is 12.3 Å². The predicted octanol–water partition coefficient (Wildman–Crippen LogP) is 2.25. The Kier molecular flexibility index (Phi) is 5.57. The Bertz CT molecular complexity index is 417. The number of urea groups is 1. The third kappa shape index (κ3) is 5.13. The summed E-state index contributed by atoms with van der Waals surface area (Å²) in [6, 6.07) is -0.356. The summed E-state index contributed by atoms with van der Waals surface area (Å²) in [5.74, 6) is -0.533. The van der Waals surface area contributed by atoms with Crippen molar-refractivity contribution in [3.8, 4) is 0 Å². The molecular weight excluding hydrogens is 254 g/mol. The molecule has 0 aliphatic rings. The minimum Gasteiger partial charge on any atom is -0.481 e. The lowest BCUT2D eigenvalue weighted by molar-refractivity contribution is -0.137. The smallest absolute Gasteiger partial charge is 0.321 e. The summed E-state index contributed by atoms with van der Waals surface area (Å²) >= 11 is 1.37. The van der Waals surface area contributed by atoms with Gasteiger partial charge in [-0.25, -0.2) is 9.78 Å². The van der Waals surface area contributed by atoms with Gasteiger partial charge in [0.1, 0.15) is 0 Å². The quantitative estimate of drug-likeness (QED) is 0.692. The molecule has 1 rings (SSSR count). The monoisotopic (exact) mass is 271 g/mol. The zero-order chi connectivity index (χ0) is 13.5. The van der Waals surface area contributed by atoms with Crippen molar-refractivity contribution in [1.29, 1.82) is 0 Å². The Morgan fingerprint density at radius 2 is 2.22 bits per heavy atom. The Morgan fingerprint density at radius 1 is 1.50 bits per heavy atom. The minimum atomic E-state index is -0.862.